The van der Waals surface area contributed by atoms with Gasteiger partial charge in [0.2, 0.25) is 0 Å². The SMILES string of the molecule is CC(C)(C)c1ccc(C(C)(N)c2cccc(Br)c2)cc1. The molecule has 106 valence electrons. The first-order valence-corrected chi connectivity index (χ1v) is 7.66. The van der Waals surface area contributed by atoms with E-state index in [1.807, 2.05) is 12.1 Å². The van der Waals surface area contributed by atoms with Gasteiger partial charge in [0.25, 0.3) is 0 Å². The molecule has 0 aliphatic heterocycles. The number of halogens is 1. The van der Waals surface area contributed by atoms with E-state index in [2.05, 4.69) is 80.0 Å². The Labute approximate surface area is 130 Å². The quantitative estimate of drug-likeness (QED) is 0.826. The van der Waals surface area contributed by atoms with E-state index in [9.17, 15) is 0 Å². The van der Waals surface area contributed by atoms with Gasteiger partial charge in [-0.1, -0.05) is 73.1 Å². The van der Waals surface area contributed by atoms with Crippen LogP contribution < -0.4 is 5.73 Å². The highest BCUT2D eigenvalue weighted by atomic mass is 79.9. The van der Waals surface area contributed by atoms with Crippen LogP contribution >= 0.6 is 15.9 Å². The molecule has 0 aliphatic carbocycles. The number of hydrogen-bond acceptors (Lipinski definition) is 1. The first-order valence-electron chi connectivity index (χ1n) is 6.87. The Hall–Kier alpha value is -1.12. The Bertz CT molecular complexity index is 592. The van der Waals surface area contributed by atoms with Crippen molar-refractivity contribution in [1.29, 1.82) is 0 Å². The van der Waals surface area contributed by atoms with Gasteiger partial charge in [0.15, 0.2) is 0 Å². The van der Waals surface area contributed by atoms with Crippen LogP contribution in [0.4, 0.5) is 0 Å². The van der Waals surface area contributed by atoms with E-state index in [1.54, 1.807) is 0 Å². The Balaban J connectivity index is 2.39. The molecule has 0 spiro atoms. The van der Waals surface area contributed by atoms with Gasteiger partial charge in [0.1, 0.15) is 0 Å². The van der Waals surface area contributed by atoms with E-state index < -0.39 is 5.54 Å². The first-order chi connectivity index (χ1) is 9.21. The second-order valence-electron chi connectivity index (χ2n) is 6.54. The molecule has 0 heterocycles. The summed E-state index contributed by atoms with van der Waals surface area (Å²) >= 11 is 3.51. The molecule has 2 heteroatoms. The third kappa shape index (κ3) is 3.13. The third-order valence-electron chi connectivity index (χ3n) is 3.77. The minimum Gasteiger partial charge on any atom is -0.318 e. The first kappa shape index (κ1) is 15.3. The van der Waals surface area contributed by atoms with Crippen molar-refractivity contribution in [2.75, 3.05) is 0 Å². The molecule has 1 atom stereocenters. The van der Waals surface area contributed by atoms with Crippen LogP contribution in [0.3, 0.4) is 0 Å². The summed E-state index contributed by atoms with van der Waals surface area (Å²) < 4.78 is 1.05. The fraction of sp³-hybridized carbons (Fsp3) is 0.333. The Morgan fingerprint density at radius 2 is 1.35 bits per heavy atom. The highest BCUT2D eigenvalue weighted by Crippen LogP contribution is 2.30. The van der Waals surface area contributed by atoms with Gasteiger partial charge in [-0.05, 0) is 41.2 Å². The van der Waals surface area contributed by atoms with E-state index >= 15 is 0 Å². The number of rotatable bonds is 2. The smallest absolute Gasteiger partial charge is 0.0637 e. The van der Waals surface area contributed by atoms with Crippen LogP contribution in [0.15, 0.2) is 53.0 Å². The summed E-state index contributed by atoms with van der Waals surface area (Å²) in [5.74, 6) is 0. The molecule has 0 aromatic heterocycles. The van der Waals surface area contributed by atoms with Crippen molar-refractivity contribution in [3.05, 3.63) is 69.7 Å². The fourth-order valence-corrected chi connectivity index (χ4v) is 2.69. The lowest BCUT2D eigenvalue weighted by Crippen LogP contribution is -2.34. The van der Waals surface area contributed by atoms with Crippen LogP contribution in [-0.2, 0) is 11.0 Å². The van der Waals surface area contributed by atoms with Gasteiger partial charge < -0.3 is 5.73 Å². The zero-order valence-corrected chi connectivity index (χ0v) is 14.2. The van der Waals surface area contributed by atoms with Crippen LogP contribution in [0.25, 0.3) is 0 Å². The maximum absolute atomic E-state index is 6.57. The van der Waals surface area contributed by atoms with Crippen molar-refractivity contribution in [2.45, 2.75) is 38.6 Å². The predicted molar refractivity (Wildman–Crippen MR) is 89.9 cm³/mol. The molecule has 0 saturated carbocycles. The van der Waals surface area contributed by atoms with Crippen molar-refractivity contribution < 1.29 is 0 Å². The average molecular weight is 332 g/mol. The fourth-order valence-electron chi connectivity index (χ4n) is 2.29. The molecule has 0 aliphatic rings. The van der Waals surface area contributed by atoms with Gasteiger partial charge in [0.05, 0.1) is 5.54 Å². The molecule has 0 radical (unpaired) electrons. The Kier molecular flexibility index (Phi) is 4.08. The van der Waals surface area contributed by atoms with Crippen molar-refractivity contribution in [2.24, 2.45) is 5.73 Å². The minimum absolute atomic E-state index is 0.166. The van der Waals surface area contributed by atoms with E-state index in [4.69, 9.17) is 5.73 Å². The van der Waals surface area contributed by atoms with Gasteiger partial charge in [-0.2, -0.15) is 0 Å². The molecular formula is C18H22BrN. The molecule has 20 heavy (non-hydrogen) atoms. The van der Waals surface area contributed by atoms with Crippen molar-refractivity contribution >= 4 is 15.9 Å². The van der Waals surface area contributed by atoms with Crippen LogP contribution in [-0.4, -0.2) is 0 Å². The molecular weight excluding hydrogens is 310 g/mol. The summed E-state index contributed by atoms with van der Waals surface area (Å²) in [7, 11) is 0. The van der Waals surface area contributed by atoms with Crippen LogP contribution in [0.5, 0.6) is 0 Å². The van der Waals surface area contributed by atoms with Crippen LogP contribution in [0.1, 0.15) is 44.4 Å². The zero-order valence-electron chi connectivity index (χ0n) is 12.6. The average Bonchev–Trinajstić information content (AvgIpc) is 2.38. The standard InChI is InChI=1S/C18H22BrN/c1-17(2,3)13-8-10-14(11-9-13)18(4,20)15-6-5-7-16(19)12-15/h5-12H,20H2,1-4H3. The van der Waals surface area contributed by atoms with Crippen LogP contribution in [0.2, 0.25) is 0 Å². The summed E-state index contributed by atoms with van der Waals surface area (Å²) in [5.41, 5.74) is 9.81. The molecule has 2 N–H and O–H groups in total. The normalized spacial score (nSPS) is 14.9. The summed E-state index contributed by atoms with van der Waals surface area (Å²) in [6, 6.07) is 16.8. The molecule has 1 nitrogen and oxygen atoms in total. The van der Waals surface area contributed by atoms with E-state index in [0.717, 1.165) is 15.6 Å². The third-order valence-corrected chi connectivity index (χ3v) is 4.27. The molecule has 0 amide bonds. The van der Waals surface area contributed by atoms with Gasteiger partial charge in [-0.15, -0.1) is 0 Å². The monoisotopic (exact) mass is 331 g/mol. The number of hydrogen-bond donors (Lipinski definition) is 1. The zero-order chi connectivity index (χ0) is 15.0. The molecule has 1 unspecified atom stereocenters. The largest absolute Gasteiger partial charge is 0.318 e. The lowest BCUT2D eigenvalue weighted by atomic mass is 9.82. The molecule has 0 fully saturated rings. The summed E-state index contributed by atoms with van der Waals surface area (Å²) in [6.45, 7) is 8.72. The van der Waals surface area contributed by atoms with Crippen molar-refractivity contribution in [1.82, 2.24) is 0 Å². The van der Waals surface area contributed by atoms with Gasteiger partial charge in [0, 0.05) is 4.47 Å². The highest BCUT2D eigenvalue weighted by molar-refractivity contribution is 9.10. The molecule has 2 rings (SSSR count). The predicted octanol–water partition coefficient (Wildman–Crippen LogP) is 4.97. The summed E-state index contributed by atoms with van der Waals surface area (Å²) in [5, 5.41) is 0. The van der Waals surface area contributed by atoms with Crippen molar-refractivity contribution in [3.8, 4) is 0 Å². The number of nitrogens with two attached hydrogens (primary N) is 1. The maximum atomic E-state index is 6.57. The van der Waals surface area contributed by atoms with Gasteiger partial charge in [-0.3, -0.25) is 0 Å². The second kappa shape index (κ2) is 5.34. The van der Waals surface area contributed by atoms with E-state index in [-0.39, 0.29) is 5.41 Å². The number of benzene rings is 2. The summed E-state index contributed by atoms with van der Waals surface area (Å²) in [4.78, 5) is 0. The van der Waals surface area contributed by atoms with E-state index in [1.165, 1.54) is 5.56 Å². The Morgan fingerprint density at radius 1 is 0.800 bits per heavy atom. The molecule has 0 saturated heterocycles. The second-order valence-corrected chi connectivity index (χ2v) is 7.46. The lowest BCUT2D eigenvalue weighted by Gasteiger charge is -2.27. The topological polar surface area (TPSA) is 26.0 Å². The minimum atomic E-state index is -0.486. The van der Waals surface area contributed by atoms with Crippen molar-refractivity contribution in [3.63, 3.8) is 0 Å². The van der Waals surface area contributed by atoms with Crippen LogP contribution in [0, 0.1) is 0 Å². The highest BCUT2D eigenvalue weighted by Gasteiger charge is 2.24. The molecule has 0 bridgehead atoms. The van der Waals surface area contributed by atoms with E-state index in [0.29, 0.717) is 0 Å². The lowest BCUT2D eigenvalue weighted by molar-refractivity contribution is 0.582. The van der Waals surface area contributed by atoms with Gasteiger partial charge in [-0.25, -0.2) is 0 Å². The summed E-state index contributed by atoms with van der Waals surface area (Å²) in [6.07, 6.45) is 0. The Morgan fingerprint density at radius 3 is 1.85 bits per heavy atom. The molecule has 2 aromatic carbocycles. The maximum Gasteiger partial charge on any atom is 0.0637 e. The molecule has 2 aromatic rings. The van der Waals surface area contributed by atoms with Gasteiger partial charge >= 0.3 is 0 Å².